The summed E-state index contributed by atoms with van der Waals surface area (Å²) < 4.78 is 0.709. The van der Waals surface area contributed by atoms with Crippen LogP contribution in [-0.4, -0.2) is 28.1 Å². The standard InChI is InChI=1S/C20H26ClNO3S2/c1-2-4-16(22-25-11-15-6-7-19(21)27-15)20-17(23)9-14(10-18(20)24)13-5-3-8-26-12-13/h6-7,13-14,23H,2-5,8-12H2,1H3. The maximum Gasteiger partial charge on any atom is 0.168 e. The van der Waals surface area contributed by atoms with Crippen LogP contribution in [0.3, 0.4) is 0 Å². The molecule has 4 nitrogen and oxygen atoms in total. The van der Waals surface area contributed by atoms with E-state index in [2.05, 4.69) is 5.16 Å². The van der Waals surface area contributed by atoms with E-state index < -0.39 is 0 Å². The summed E-state index contributed by atoms with van der Waals surface area (Å²) in [4.78, 5) is 19.3. The predicted molar refractivity (Wildman–Crippen MR) is 114 cm³/mol. The van der Waals surface area contributed by atoms with E-state index in [0.29, 0.717) is 47.4 Å². The zero-order valence-electron chi connectivity index (χ0n) is 15.6. The van der Waals surface area contributed by atoms with Crippen LogP contribution in [0.5, 0.6) is 0 Å². The summed E-state index contributed by atoms with van der Waals surface area (Å²) in [5.41, 5.74) is 0.958. The van der Waals surface area contributed by atoms with E-state index in [9.17, 15) is 9.90 Å². The minimum atomic E-state index is 0.00860. The van der Waals surface area contributed by atoms with Crippen LogP contribution in [-0.2, 0) is 16.2 Å². The Morgan fingerprint density at radius 2 is 2.22 bits per heavy atom. The molecule has 148 valence electrons. The molecule has 2 atom stereocenters. The lowest BCUT2D eigenvalue weighted by Crippen LogP contribution is -2.30. The van der Waals surface area contributed by atoms with E-state index in [1.54, 1.807) is 0 Å². The second-order valence-electron chi connectivity index (χ2n) is 7.16. The number of thioether (sulfide) groups is 1. The molecule has 1 aliphatic heterocycles. The van der Waals surface area contributed by atoms with Crippen molar-refractivity contribution in [1.82, 2.24) is 0 Å². The van der Waals surface area contributed by atoms with Crippen molar-refractivity contribution in [3.05, 3.63) is 32.7 Å². The fraction of sp³-hybridized carbons (Fsp3) is 0.600. The molecule has 3 rings (SSSR count). The number of ketones is 1. The third-order valence-electron chi connectivity index (χ3n) is 5.12. The van der Waals surface area contributed by atoms with Gasteiger partial charge >= 0.3 is 0 Å². The van der Waals surface area contributed by atoms with Gasteiger partial charge in [0.25, 0.3) is 0 Å². The first-order chi connectivity index (χ1) is 13.1. The highest BCUT2D eigenvalue weighted by atomic mass is 35.5. The van der Waals surface area contributed by atoms with Crippen molar-refractivity contribution in [3.63, 3.8) is 0 Å². The first-order valence-corrected chi connectivity index (χ1v) is 11.9. The summed E-state index contributed by atoms with van der Waals surface area (Å²) in [7, 11) is 0. The van der Waals surface area contributed by atoms with E-state index in [1.165, 1.54) is 23.5 Å². The van der Waals surface area contributed by atoms with Crippen LogP contribution in [0, 0.1) is 11.8 Å². The van der Waals surface area contributed by atoms with Gasteiger partial charge in [-0.1, -0.05) is 30.1 Å². The van der Waals surface area contributed by atoms with E-state index >= 15 is 0 Å². The van der Waals surface area contributed by atoms with Gasteiger partial charge in [-0.25, -0.2) is 0 Å². The van der Waals surface area contributed by atoms with E-state index in [-0.39, 0.29) is 17.5 Å². The fourth-order valence-corrected chi connectivity index (χ4v) is 6.05. The summed E-state index contributed by atoms with van der Waals surface area (Å²) in [5.74, 6) is 3.30. The molecule has 1 aliphatic carbocycles. The highest BCUT2D eigenvalue weighted by molar-refractivity contribution is 7.99. The SMILES string of the molecule is CCCC(=NOCc1ccc(Cl)s1)C1=C(O)CC(C2CCCSC2)CC1=O. The average molecular weight is 428 g/mol. The highest BCUT2D eigenvalue weighted by Crippen LogP contribution is 2.38. The van der Waals surface area contributed by atoms with E-state index in [0.717, 1.165) is 23.5 Å². The van der Waals surface area contributed by atoms with Crippen LogP contribution in [0.2, 0.25) is 4.34 Å². The summed E-state index contributed by atoms with van der Waals surface area (Å²) in [6.45, 7) is 2.34. The Morgan fingerprint density at radius 1 is 1.37 bits per heavy atom. The van der Waals surface area contributed by atoms with Gasteiger partial charge in [-0.05, 0) is 54.7 Å². The number of carbonyl (C=O) groups excluding carboxylic acids is 1. The molecule has 1 fully saturated rings. The Hall–Kier alpha value is -0.980. The van der Waals surface area contributed by atoms with Crippen molar-refractivity contribution in [2.45, 2.75) is 52.1 Å². The lowest BCUT2D eigenvalue weighted by Gasteiger charge is -2.32. The average Bonchev–Trinajstić information content (AvgIpc) is 3.07. The van der Waals surface area contributed by atoms with Crippen LogP contribution in [0.25, 0.3) is 0 Å². The monoisotopic (exact) mass is 427 g/mol. The highest BCUT2D eigenvalue weighted by Gasteiger charge is 2.35. The lowest BCUT2D eigenvalue weighted by molar-refractivity contribution is -0.117. The first-order valence-electron chi connectivity index (χ1n) is 9.55. The molecule has 0 radical (unpaired) electrons. The Bertz CT molecular complexity index is 723. The molecule has 2 unspecified atom stereocenters. The minimum Gasteiger partial charge on any atom is -0.511 e. The molecule has 2 aliphatic rings. The van der Waals surface area contributed by atoms with Crippen LogP contribution in [0.1, 0.15) is 50.3 Å². The molecule has 1 aromatic heterocycles. The third kappa shape index (κ3) is 5.52. The smallest absolute Gasteiger partial charge is 0.168 e. The first kappa shape index (κ1) is 20.7. The number of allylic oxidation sites excluding steroid dienone is 2. The number of nitrogens with zero attached hydrogens (tertiary/aromatic N) is 1. The predicted octanol–water partition coefficient (Wildman–Crippen LogP) is 6.01. The molecular weight excluding hydrogens is 402 g/mol. The van der Waals surface area contributed by atoms with Crippen LogP contribution >= 0.6 is 34.7 Å². The number of carbonyl (C=O) groups is 1. The molecule has 2 heterocycles. The van der Waals surface area contributed by atoms with E-state index in [4.69, 9.17) is 16.4 Å². The van der Waals surface area contributed by atoms with Gasteiger partial charge in [-0.15, -0.1) is 11.3 Å². The second kappa shape index (κ2) is 9.99. The number of aliphatic hydroxyl groups is 1. The Labute approximate surface area is 174 Å². The molecule has 0 bridgehead atoms. The van der Waals surface area contributed by atoms with Crippen molar-refractivity contribution in [2.75, 3.05) is 11.5 Å². The second-order valence-corrected chi connectivity index (χ2v) is 10.1. The van der Waals surface area contributed by atoms with Gasteiger partial charge in [0.05, 0.1) is 15.6 Å². The summed E-state index contributed by atoms with van der Waals surface area (Å²) >= 11 is 9.34. The minimum absolute atomic E-state index is 0.00860. The summed E-state index contributed by atoms with van der Waals surface area (Å²) in [5, 5.41) is 14.9. The third-order valence-corrected chi connectivity index (χ3v) is 7.56. The summed E-state index contributed by atoms with van der Waals surface area (Å²) in [6, 6.07) is 3.72. The number of oxime groups is 1. The molecule has 0 aromatic carbocycles. The Morgan fingerprint density at radius 3 is 2.85 bits per heavy atom. The largest absolute Gasteiger partial charge is 0.511 e. The normalized spacial score (nSPS) is 24.4. The van der Waals surface area contributed by atoms with E-state index in [1.807, 2.05) is 30.8 Å². The molecule has 27 heavy (non-hydrogen) atoms. The van der Waals surface area contributed by atoms with Gasteiger partial charge in [0, 0.05) is 17.7 Å². The van der Waals surface area contributed by atoms with Crippen molar-refractivity contribution in [3.8, 4) is 0 Å². The molecule has 1 saturated heterocycles. The number of Topliss-reactive ketones (excluding diaryl/α,β-unsaturated/α-hetero) is 1. The Balaban J connectivity index is 1.70. The van der Waals surface area contributed by atoms with Gasteiger partial charge in [-0.2, -0.15) is 11.8 Å². The quantitative estimate of drug-likeness (QED) is 0.427. The molecule has 0 spiro atoms. The number of aliphatic hydroxyl groups excluding tert-OH is 1. The van der Waals surface area contributed by atoms with Crippen LogP contribution in [0.15, 0.2) is 28.6 Å². The topological polar surface area (TPSA) is 58.9 Å². The number of thiophene rings is 1. The zero-order valence-corrected chi connectivity index (χ0v) is 18.0. The molecule has 1 N–H and O–H groups in total. The van der Waals surface area contributed by atoms with Gasteiger partial charge in [0.1, 0.15) is 5.76 Å². The van der Waals surface area contributed by atoms with Crippen molar-refractivity contribution in [2.24, 2.45) is 17.0 Å². The van der Waals surface area contributed by atoms with Crippen molar-refractivity contribution >= 4 is 46.2 Å². The molecule has 7 heteroatoms. The maximum absolute atomic E-state index is 12.8. The van der Waals surface area contributed by atoms with Gasteiger partial charge in [0.2, 0.25) is 0 Å². The maximum atomic E-state index is 12.8. The van der Waals surface area contributed by atoms with Crippen LogP contribution < -0.4 is 0 Å². The van der Waals surface area contributed by atoms with Gasteiger partial charge in [0.15, 0.2) is 12.4 Å². The number of hydrogen-bond donors (Lipinski definition) is 1. The summed E-state index contributed by atoms with van der Waals surface area (Å²) in [6.07, 6.45) is 4.90. The molecule has 1 aromatic rings. The van der Waals surface area contributed by atoms with Crippen molar-refractivity contribution in [1.29, 1.82) is 0 Å². The lowest BCUT2D eigenvalue weighted by atomic mass is 9.76. The van der Waals surface area contributed by atoms with Crippen molar-refractivity contribution < 1.29 is 14.7 Å². The molecule has 0 amide bonds. The van der Waals surface area contributed by atoms with Gasteiger partial charge in [-0.3, -0.25) is 4.79 Å². The number of halogens is 1. The zero-order chi connectivity index (χ0) is 19.2. The van der Waals surface area contributed by atoms with Crippen LogP contribution in [0.4, 0.5) is 0 Å². The molecular formula is C20H26ClNO3S2. The van der Waals surface area contributed by atoms with Gasteiger partial charge < -0.3 is 9.94 Å². The number of rotatable bonds is 7. The fourth-order valence-electron chi connectivity index (χ4n) is 3.78. The Kier molecular flexibility index (Phi) is 7.67. The molecule has 0 saturated carbocycles. The number of hydrogen-bond acceptors (Lipinski definition) is 6.